The minimum atomic E-state index is -4.85. The summed E-state index contributed by atoms with van der Waals surface area (Å²) in [5.74, 6) is 0. The molecule has 12 heteroatoms. The molecule has 0 atom stereocenters. The van der Waals surface area contributed by atoms with E-state index in [2.05, 4.69) is 22.1 Å². The summed E-state index contributed by atoms with van der Waals surface area (Å²) in [5.41, 5.74) is 0.0325. The molecule has 0 spiro atoms. The van der Waals surface area contributed by atoms with Gasteiger partial charge in [-0.25, -0.2) is 0 Å². The van der Waals surface area contributed by atoms with Crippen molar-refractivity contribution < 1.29 is 60.6 Å². The predicted octanol–water partition coefficient (Wildman–Crippen LogP) is 12.4. The molecule has 4 aromatic carbocycles. The van der Waals surface area contributed by atoms with Gasteiger partial charge in [-0.05, 0) is 54.1 Å². The second-order valence-electron chi connectivity index (χ2n) is 11.5. The Morgan fingerprint density at radius 3 is 1.29 bits per heavy atom. The summed E-state index contributed by atoms with van der Waals surface area (Å²) in [5, 5.41) is 0. The normalized spacial score (nSPS) is 11.7. The van der Waals surface area contributed by atoms with E-state index in [0.717, 1.165) is 41.1 Å². The monoisotopic (exact) mass is 901 g/mol. The molecule has 2 nitrogen and oxygen atoms in total. The zero-order valence-electron chi connectivity index (χ0n) is 27.5. The summed E-state index contributed by atoms with van der Waals surface area (Å²) in [4.78, 5) is 8.23. The smallest absolute Gasteiger partial charge is 0.305 e. The molecule has 0 N–H and O–H groups in total. The standard InChI is InChI=1S/C20H12F6N.C20H15F3N.Pt/c1-12-5-4-6-15(19(21,22)23)18(12)14-9-8-13(11-16(14)20(24,25)26)17-7-2-3-10-27-17;1-13-6-5-7-17(20(21,22)23)19(13)16-10-9-15(12-14(16)2)18-8-3-4-11-24-18;/h2-7,9-11H,1H3;3-8,10-12H,1-2H3;/q2*-1;+2. The Morgan fingerprint density at radius 2 is 0.885 bits per heavy atom. The summed E-state index contributed by atoms with van der Waals surface area (Å²) in [6.07, 6.45) is -10.9. The number of aromatic nitrogens is 2. The number of nitrogens with zero attached hydrogens (tertiary/aromatic N) is 2. The van der Waals surface area contributed by atoms with Crippen molar-refractivity contribution in [2.75, 3.05) is 0 Å². The van der Waals surface area contributed by atoms with E-state index in [1.165, 1.54) is 37.4 Å². The average Bonchev–Trinajstić information content (AvgIpc) is 3.08. The van der Waals surface area contributed by atoms with E-state index in [-0.39, 0.29) is 43.4 Å². The summed E-state index contributed by atoms with van der Waals surface area (Å²) in [6, 6.07) is 28.6. The summed E-state index contributed by atoms with van der Waals surface area (Å²) in [7, 11) is 0. The maximum Gasteiger partial charge on any atom is 2.00 e. The van der Waals surface area contributed by atoms with Gasteiger partial charge in [-0.3, -0.25) is 0 Å². The molecule has 0 radical (unpaired) electrons. The fraction of sp³-hybridized carbons (Fsp3) is 0.150. The first kappa shape index (κ1) is 40.0. The van der Waals surface area contributed by atoms with Gasteiger partial charge in [0.15, 0.2) is 0 Å². The summed E-state index contributed by atoms with van der Waals surface area (Å²) < 4.78 is 121. The third kappa shape index (κ3) is 8.99. The molecule has 0 aliphatic rings. The number of hydrogen-bond donors (Lipinski definition) is 0. The molecule has 0 unspecified atom stereocenters. The van der Waals surface area contributed by atoms with E-state index in [0.29, 0.717) is 11.1 Å². The van der Waals surface area contributed by atoms with Gasteiger partial charge in [-0.1, -0.05) is 89.8 Å². The minimum absolute atomic E-state index is 0. The molecule has 0 bridgehead atoms. The minimum Gasteiger partial charge on any atom is -0.305 e. The summed E-state index contributed by atoms with van der Waals surface area (Å²) >= 11 is 0. The zero-order valence-corrected chi connectivity index (χ0v) is 29.8. The Balaban J connectivity index is 0.000000230. The number of aryl methyl sites for hydroxylation is 3. The van der Waals surface area contributed by atoms with E-state index in [4.69, 9.17) is 0 Å². The van der Waals surface area contributed by atoms with Crippen molar-refractivity contribution >= 4 is 0 Å². The van der Waals surface area contributed by atoms with Crippen LogP contribution in [-0.2, 0) is 39.6 Å². The first-order chi connectivity index (χ1) is 24.0. The number of rotatable bonds is 4. The van der Waals surface area contributed by atoms with Gasteiger partial charge >= 0.3 is 39.6 Å². The Labute approximate surface area is 308 Å². The van der Waals surface area contributed by atoms with Gasteiger partial charge in [-0.15, -0.1) is 53.1 Å². The topological polar surface area (TPSA) is 25.8 Å². The van der Waals surface area contributed by atoms with Crippen LogP contribution in [-0.4, -0.2) is 9.97 Å². The Kier molecular flexibility index (Phi) is 12.2. The number of benzene rings is 4. The van der Waals surface area contributed by atoms with Gasteiger partial charge in [0.25, 0.3) is 0 Å². The molecular weight excluding hydrogens is 875 g/mol. The van der Waals surface area contributed by atoms with Gasteiger partial charge in [0.2, 0.25) is 0 Å². The molecule has 0 aliphatic carbocycles. The number of pyridine rings is 2. The van der Waals surface area contributed by atoms with Crippen LogP contribution in [0.4, 0.5) is 39.5 Å². The molecule has 2 heterocycles. The van der Waals surface area contributed by atoms with E-state index >= 15 is 0 Å². The van der Waals surface area contributed by atoms with Crippen LogP contribution in [0.5, 0.6) is 0 Å². The van der Waals surface area contributed by atoms with Crippen molar-refractivity contribution in [3.05, 3.63) is 155 Å². The van der Waals surface area contributed by atoms with Crippen LogP contribution < -0.4 is 0 Å². The van der Waals surface area contributed by atoms with Crippen molar-refractivity contribution in [2.45, 2.75) is 39.3 Å². The van der Waals surface area contributed by atoms with E-state index < -0.39 is 46.3 Å². The van der Waals surface area contributed by atoms with Gasteiger partial charge < -0.3 is 9.97 Å². The largest absolute Gasteiger partial charge is 2.00 e. The number of halogens is 9. The Bertz CT molecular complexity index is 2140. The van der Waals surface area contributed by atoms with Crippen LogP contribution in [0.3, 0.4) is 0 Å². The second-order valence-corrected chi connectivity index (χ2v) is 11.5. The Morgan fingerprint density at radius 1 is 0.462 bits per heavy atom. The molecule has 6 aromatic rings. The molecule has 0 saturated carbocycles. The molecule has 2 aromatic heterocycles. The molecule has 0 fully saturated rings. The third-order valence-electron chi connectivity index (χ3n) is 7.99. The maximum atomic E-state index is 13.7. The van der Waals surface area contributed by atoms with Crippen LogP contribution in [0.15, 0.2) is 109 Å². The van der Waals surface area contributed by atoms with Gasteiger partial charge in [0.1, 0.15) is 0 Å². The van der Waals surface area contributed by atoms with Crippen LogP contribution in [0, 0.1) is 32.9 Å². The first-order valence-electron chi connectivity index (χ1n) is 15.3. The molecule has 52 heavy (non-hydrogen) atoms. The average molecular weight is 902 g/mol. The van der Waals surface area contributed by atoms with Crippen molar-refractivity contribution in [3.8, 4) is 44.8 Å². The third-order valence-corrected chi connectivity index (χ3v) is 7.99. The van der Waals surface area contributed by atoms with Gasteiger partial charge in [-0.2, -0.15) is 39.5 Å². The second kappa shape index (κ2) is 15.9. The number of hydrogen-bond acceptors (Lipinski definition) is 2. The van der Waals surface area contributed by atoms with E-state index in [1.54, 1.807) is 37.4 Å². The zero-order chi connectivity index (χ0) is 37.1. The van der Waals surface area contributed by atoms with Gasteiger partial charge in [0.05, 0.1) is 11.1 Å². The first-order valence-corrected chi connectivity index (χ1v) is 15.3. The molecule has 0 aliphatic heterocycles. The van der Waals surface area contributed by atoms with Gasteiger partial charge in [0, 0.05) is 12.4 Å². The molecule has 0 saturated heterocycles. The van der Waals surface area contributed by atoms with E-state index in [9.17, 15) is 39.5 Å². The van der Waals surface area contributed by atoms with Crippen LogP contribution in [0.1, 0.15) is 33.4 Å². The maximum absolute atomic E-state index is 13.7. The SMILES string of the molecule is Cc1cc(-c2ccccn2)[c-]cc1-c1c(C)cccc1C(F)(F)F.Cc1cccc(C(F)(F)F)c1-c1c[c-]c(-c2ccccn2)cc1C(F)(F)F.[Pt+2]. The van der Waals surface area contributed by atoms with Crippen molar-refractivity contribution in [3.63, 3.8) is 0 Å². The van der Waals surface area contributed by atoms with Crippen molar-refractivity contribution in [1.82, 2.24) is 9.97 Å². The molecule has 270 valence electrons. The van der Waals surface area contributed by atoms with Crippen LogP contribution in [0.2, 0.25) is 0 Å². The quantitative estimate of drug-likeness (QED) is 0.130. The summed E-state index contributed by atoms with van der Waals surface area (Å²) in [6.45, 7) is 4.84. The van der Waals surface area contributed by atoms with Crippen molar-refractivity contribution in [2.24, 2.45) is 0 Å². The van der Waals surface area contributed by atoms with Crippen LogP contribution >= 0.6 is 0 Å². The molecular formula is C40H27F9N2Pt. The number of alkyl halides is 9. The van der Waals surface area contributed by atoms with Crippen molar-refractivity contribution in [1.29, 1.82) is 0 Å². The molecule has 6 rings (SSSR count). The molecule has 0 amide bonds. The predicted molar refractivity (Wildman–Crippen MR) is 177 cm³/mol. The Hall–Kier alpha value is -4.76. The van der Waals surface area contributed by atoms with E-state index in [1.807, 2.05) is 31.2 Å². The fourth-order valence-corrected chi connectivity index (χ4v) is 5.66. The fourth-order valence-electron chi connectivity index (χ4n) is 5.66. The van der Waals surface area contributed by atoms with Crippen LogP contribution in [0.25, 0.3) is 44.8 Å².